The summed E-state index contributed by atoms with van der Waals surface area (Å²) in [6.45, 7) is 0.324. The summed E-state index contributed by atoms with van der Waals surface area (Å²) in [6, 6.07) is 25.4. The van der Waals surface area contributed by atoms with Crippen LogP contribution >= 0.6 is 0 Å². The summed E-state index contributed by atoms with van der Waals surface area (Å²) < 4.78 is 24.4. The molecule has 154 valence electrons. The van der Waals surface area contributed by atoms with E-state index in [1.807, 2.05) is 24.3 Å². The normalized spacial score (nSPS) is 10.4. The van der Waals surface area contributed by atoms with E-state index in [-0.39, 0.29) is 11.7 Å². The second-order valence-corrected chi connectivity index (χ2v) is 6.68. The number of halogens is 1. The zero-order valence-corrected chi connectivity index (χ0v) is 16.5. The van der Waals surface area contributed by atoms with Crippen LogP contribution in [0.2, 0.25) is 0 Å². The van der Waals surface area contributed by atoms with Gasteiger partial charge in [-0.25, -0.2) is 9.37 Å². The Morgan fingerprint density at radius 3 is 2.35 bits per heavy atom. The van der Waals surface area contributed by atoms with Gasteiger partial charge in [0.25, 0.3) is 5.91 Å². The molecule has 1 amide bonds. The monoisotopic (exact) mass is 414 g/mol. The number of carbonyl (C=O) groups excluding carboxylic acids is 1. The van der Waals surface area contributed by atoms with Crippen LogP contribution in [0, 0.1) is 5.82 Å². The van der Waals surface area contributed by atoms with Crippen molar-refractivity contribution in [1.82, 2.24) is 10.3 Å². The van der Waals surface area contributed by atoms with Crippen molar-refractivity contribution in [2.24, 2.45) is 0 Å². The lowest BCUT2D eigenvalue weighted by atomic mass is 10.1. The molecule has 1 heterocycles. The number of aromatic nitrogens is 1. The summed E-state index contributed by atoms with van der Waals surface area (Å²) in [5.74, 6) is 1.57. The largest absolute Gasteiger partial charge is 0.457 e. The molecule has 0 aliphatic rings. The third-order valence-electron chi connectivity index (χ3n) is 4.36. The van der Waals surface area contributed by atoms with E-state index < -0.39 is 0 Å². The van der Waals surface area contributed by atoms with Crippen molar-refractivity contribution < 1.29 is 18.7 Å². The van der Waals surface area contributed by atoms with Crippen LogP contribution in [0.4, 0.5) is 4.39 Å². The van der Waals surface area contributed by atoms with Crippen LogP contribution in [0.3, 0.4) is 0 Å². The van der Waals surface area contributed by atoms with E-state index in [1.165, 1.54) is 12.1 Å². The highest BCUT2D eigenvalue weighted by Gasteiger charge is 2.08. The molecule has 0 saturated heterocycles. The van der Waals surface area contributed by atoms with Gasteiger partial charge in [0.05, 0.1) is 0 Å². The Balaban J connectivity index is 1.37. The minimum absolute atomic E-state index is 0.226. The molecule has 0 saturated carbocycles. The van der Waals surface area contributed by atoms with Gasteiger partial charge in [0, 0.05) is 24.4 Å². The maximum Gasteiger partial charge on any atom is 0.251 e. The van der Waals surface area contributed by atoms with E-state index in [0.717, 1.165) is 5.56 Å². The van der Waals surface area contributed by atoms with Gasteiger partial charge in [0.2, 0.25) is 5.88 Å². The third-order valence-corrected chi connectivity index (χ3v) is 4.36. The van der Waals surface area contributed by atoms with Crippen molar-refractivity contribution in [2.75, 3.05) is 0 Å². The highest BCUT2D eigenvalue weighted by molar-refractivity contribution is 5.94. The number of hydrogen-bond donors (Lipinski definition) is 1. The van der Waals surface area contributed by atoms with Gasteiger partial charge in [0.1, 0.15) is 23.1 Å². The quantitative estimate of drug-likeness (QED) is 0.419. The van der Waals surface area contributed by atoms with Crippen LogP contribution in [-0.4, -0.2) is 10.9 Å². The second kappa shape index (κ2) is 9.54. The third kappa shape index (κ3) is 5.67. The van der Waals surface area contributed by atoms with E-state index in [2.05, 4.69) is 10.3 Å². The summed E-state index contributed by atoms with van der Waals surface area (Å²) in [4.78, 5) is 16.7. The Morgan fingerprint density at radius 2 is 1.58 bits per heavy atom. The number of amides is 1. The molecule has 1 N–H and O–H groups in total. The molecule has 0 unspecified atom stereocenters. The lowest BCUT2D eigenvalue weighted by molar-refractivity contribution is 0.0950. The molecule has 5 nitrogen and oxygen atoms in total. The van der Waals surface area contributed by atoms with Crippen LogP contribution in [0.5, 0.6) is 23.1 Å². The summed E-state index contributed by atoms with van der Waals surface area (Å²) in [7, 11) is 0. The predicted molar refractivity (Wildman–Crippen MR) is 115 cm³/mol. The molecule has 0 aliphatic heterocycles. The zero-order chi connectivity index (χ0) is 21.5. The summed E-state index contributed by atoms with van der Waals surface area (Å²) in [5.41, 5.74) is 1.35. The predicted octanol–water partition coefficient (Wildman–Crippen LogP) is 5.74. The van der Waals surface area contributed by atoms with Gasteiger partial charge < -0.3 is 14.8 Å². The molecule has 0 spiro atoms. The maximum absolute atomic E-state index is 13.0. The van der Waals surface area contributed by atoms with Gasteiger partial charge in [-0.3, -0.25) is 4.79 Å². The number of nitrogens with zero attached hydrogens (tertiary/aromatic N) is 1. The Kier molecular flexibility index (Phi) is 6.18. The number of hydrogen-bond acceptors (Lipinski definition) is 4. The number of rotatable bonds is 7. The Labute approximate surface area is 179 Å². The van der Waals surface area contributed by atoms with Crippen LogP contribution in [0.25, 0.3) is 0 Å². The molecule has 0 radical (unpaired) electrons. The van der Waals surface area contributed by atoms with Gasteiger partial charge in [-0.2, -0.15) is 0 Å². The van der Waals surface area contributed by atoms with E-state index in [9.17, 15) is 9.18 Å². The molecule has 0 fully saturated rings. The van der Waals surface area contributed by atoms with E-state index in [1.54, 1.807) is 60.8 Å². The lowest BCUT2D eigenvalue weighted by Crippen LogP contribution is -2.22. The molecule has 3 aromatic carbocycles. The maximum atomic E-state index is 13.0. The molecule has 31 heavy (non-hydrogen) atoms. The van der Waals surface area contributed by atoms with Gasteiger partial charge in [-0.05, 0) is 66.2 Å². The van der Waals surface area contributed by atoms with Crippen LogP contribution in [-0.2, 0) is 6.54 Å². The summed E-state index contributed by atoms with van der Waals surface area (Å²) >= 11 is 0. The van der Waals surface area contributed by atoms with Gasteiger partial charge in [-0.15, -0.1) is 0 Å². The Hall–Kier alpha value is -4.19. The van der Waals surface area contributed by atoms with Crippen LogP contribution in [0.15, 0.2) is 97.2 Å². The molecule has 0 aliphatic carbocycles. The number of ether oxygens (including phenoxy) is 2. The molecule has 1 aromatic heterocycles. The van der Waals surface area contributed by atoms with Crippen molar-refractivity contribution in [1.29, 1.82) is 0 Å². The average Bonchev–Trinajstić information content (AvgIpc) is 2.80. The molecular weight excluding hydrogens is 395 g/mol. The van der Waals surface area contributed by atoms with Gasteiger partial charge in [0.15, 0.2) is 0 Å². The number of carbonyl (C=O) groups is 1. The molecule has 0 atom stereocenters. The first-order valence-electron chi connectivity index (χ1n) is 9.65. The highest BCUT2D eigenvalue weighted by atomic mass is 19.1. The number of pyridine rings is 1. The first kappa shape index (κ1) is 20.1. The lowest BCUT2D eigenvalue weighted by Gasteiger charge is -2.10. The summed E-state index contributed by atoms with van der Waals surface area (Å²) in [5, 5.41) is 2.89. The zero-order valence-electron chi connectivity index (χ0n) is 16.5. The van der Waals surface area contributed by atoms with Crippen molar-refractivity contribution in [3.05, 3.63) is 114 Å². The number of benzene rings is 3. The van der Waals surface area contributed by atoms with Crippen molar-refractivity contribution >= 4 is 5.91 Å². The average molecular weight is 414 g/mol. The SMILES string of the molecule is O=C(NCc1cccc(Oc2ccc(F)cc2)c1)c1cccc(Oc2ccccn2)c1. The Morgan fingerprint density at radius 1 is 0.806 bits per heavy atom. The minimum Gasteiger partial charge on any atom is -0.457 e. The molecule has 0 bridgehead atoms. The summed E-state index contributed by atoms with van der Waals surface area (Å²) in [6.07, 6.45) is 1.64. The standard InChI is InChI=1S/C25H19FN2O3/c26-20-10-12-21(13-11-20)30-22-7-3-5-18(15-22)17-28-25(29)19-6-4-8-23(16-19)31-24-9-1-2-14-27-24/h1-16H,17H2,(H,28,29). The fraction of sp³-hybridized carbons (Fsp3) is 0.0400. The van der Waals surface area contributed by atoms with E-state index in [0.29, 0.717) is 35.2 Å². The van der Waals surface area contributed by atoms with Crippen molar-refractivity contribution in [3.8, 4) is 23.1 Å². The molecular formula is C25H19FN2O3. The molecule has 6 heteroatoms. The highest BCUT2D eigenvalue weighted by Crippen LogP contribution is 2.23. The molecule has 4 rings (SSSR count). The topological polar surface area (TPSA) is 60.5 Å². The van der Waals surface area contributed by atoms with Gasteiger partial charge in [-0.1, -0.05) is 24.3 Å². The van der Waals surface area contributed by atoms with Crippen LogP contribution in [0.1, 0.15) is 15.9 Å². The second-order valence-electron chi connectivity index (χ2n) is 6.68. The Bertz CT molecular complexity index is 1160. The first-order chi connectivity index (χ1) is 15.2. The fourth-order valence-electron chi connectivity index (χ4n) is 2.87. The van der Waals surface area contributed by atoms with Crippen molar-refractivity contribution in [3.63, 3.8) is 0 Å². The number of nitrogens with one attached hydrogen (secondary N) is 1. The molecule has 4 aromatic rings. The van der Waals surface area contributed by atoms with E-state index >= 15 is 0 Å². The van der Waals surface area contributed by atoms with Crippen molar-refractivity contribution in [2.45, 2.75) is 6.54 Å². The fourth-order valence-corrected chi connectivity index (χ4v) is 2.87. The van der Waals surface area contributed by atoms with E-state index in [4.69, 9.17) is 9.47 Å². The smallest absolute Gasteiger partial charge is 0.251 e. The van der Waals surface area contributed by atoms with Crippen LogP contribution < -0.4 is 14.8 Å². The first-order valence-corrected chi connectivity index (χ1v) is 9.65. The minimum atomic E-state index is -0.321. The van der Waals surface area contributed by atoms with Gasteiger partial charge >= 0.3 is 0 Å².